The SMILES string of the molecule is Cc1ccc(C2CC3(C)CN(C)Cc4c3n2c2cnc(C)cc42)cn1. The number of aromatic nitrogens is 3. The predicted molar refractivity (Wildman–Crippen MR) is 99.9 cm³/mol. The van der Waals surface area contributed by atoms with Gasteiger partial charge in [0.2, 0.25) is 0 Å². The van der Waals surface area contributed by atoms with Crippen molar-refractivity contribution in [1.82, 2.24) is 19.4 Å². The molecule has 2 aliphatic heterocycles. The molecule has 2 aliphatic rings. The first-order valence-electron chi connectivity index (χ1n) is 9.07. The molecule has 0 bridgehead atoms. The van der Waals surface area contributed by atoms with Crippen LogP contribution in [-0.4, -0.2) is 33.0 Å². The second-order valence-corrected chi connectivity index (χ2v) is 8.23. The number of rotatable bonds is 1. The van der Waals surface area contributed by atoms with Crippen LogP contribution in [-0.2, 0) is 12.0 Å². The van der Waals surface area contributed by atoms with E-state index in [1.165, 1.54) is 27.7 Å². The fourth-order valence-corrected chi connectivity index (χ4v) is 5.14. The predicted octanol–water partition coefficient (Wildman–Crippen LogP) is 3.74. The molecule has 0 fully saturated rings. The van der Waals surface area contributed by atoms with E-state index in [1.807, 2.05) is 6.92 Å². The van der Waals surface area contributed by atoms with Crippen LogP contribution in [0.3, 0.4) is 0 Å². The topological polar surface area (TPSA) is 34.0 Å². The van der Waals surface area contributed by atoms with Gasteiger partial charge in [0.05, 0.1) is 17.8 Å². The normalized spacial score (nSPS) is 25.5. The van der Waals surface area contributed by atoms with Gasteiger partial charge in [-0.05, 0) is 50.6 Å². The lowest BCUT2D eigenvalue weighted by Gasteiger charge is -2.36. The molecular weight excluding hydrogens is 308 g/mol. The van der Waals surface area contributed by atoms with E-state index in [1.54, 1.807) is 0 Å². The van der Waals surface area contributed by atoms with Crippen LogP contribution in [0, 0.1) is 13.8 Å². The lowest BCUT2D eigenvalue weighted by molar-refractivity contribution is 0.223. The van der Waals surface area contributed by atoms with Gasteiger partial charge >= 0.3 is 0 Å². The van der Waals surface area contributed by atoms with Gasteiger partial charge in [0, 0.05) is 47.2 Å². The van der Waals surface area contributed by atoms with Crippen molar-refractivity contribution in [2.24, 2.45) is 0 Å². The fraction of sp³-hybridized carbons (Fsp3) is 0.429. The number of pyridine rings is 2. The Labute approximate surface area is 148 Å². The van der Waals surface area contributed by atoms with E-state index in [0.717, 1.165) is 30.9 Å². The summed E-state index contributed by atoms with van der Waals surface area (Å²) < 4.78 is 2.57. The van der Waals surface area contributed by atoms with E-state index < -0.39 is 0 Å². The van der Waals surface area contributed by atoms with Gasteiger partial charge in [-0.2, -0.15) is 0 Å². The Morgan fingerprint density at radius 1 is 1.12 bits per heavy atom. The second-order valence-electron chi connectivity index (χ2n) is 8.23. The van der Waals surface area contributed by atoms with E-state index >= 15 is 0 Å². The van der Waals surface area contributed by atoms with Gasteiger partial charge in [0.15, 0.2) is 0 Å². The van der Waals surface area contributed by atoms with Crippen molar-refractivity contribution in [1.29, 1.82) is 0 Å². The van der Waals surface area contributed by atoms with Gasteiger partial charge in [0.1, 0.15) is 0 Å². The molecule has 0 aromatic carbocycles. The molecule has 0 N–H and O–H groups in total. The third-order valence-corrected chi connectivity index (χ3v) is 6.02. The number of fused-ring (bicyclic) bond motifs is 3. The van der Waals surface area contributed by atoms with Crippen molar-refractivity contribution < 1.29 is 0 Å². The minimum absolute atomic E-state index is 0.185. The lowest BCUT2D eigenvalue weighted by atomic mass is 9.78. The summed E-state index contributed by atoms with van der Waals surface area (Å²) in [5, 5.41) is 1.38. The van der Waals surface area contributed by atoms with Crippen molar-refractivity contribution in [3.63, 3.8) is 0 Å². The van der Waals surface area contributed by atoms with E-state index in [9.17, 15) is 0 Å². The van der Waals surface area contributed by atoms with Crippen molar-refractivity contribution in [2.75, 3.05) is 13.6 Å². The molecule has 2 atom stereocenters. The summed E-state index contributed by atoms with van der Waals surface area (Å²) in [6.07, 6.45) is 5.27. The van der Waals surface area contributed by atoms with Crippen molar-refractivity contribution in [3.05, 3.63) is 58.8 Å². The Morgan fingerprint density at radius 3 is 2.68 bits per heavy atom. The van der Waals surface area contributed by atoms with Crippen LogP contribution >= 0.6 is 0 Å². The molecule has 25 heavy (non-hydrogen) atoms. The molecule has 0 saturated carbocycles. The maximum atomic E-state index is 4.61. The zero-order chi connectivity index (χ0) is 17.3. The molecule has 0 amide bonds. The van der Waals surface area contributed by atoms with E-state index in [4.69, 9.17) is 0 Å². The van der Waals surface area contributed by atoms with Gasteiger partial charge in [-0.1, -0.05) is 13.0 Å². The highest BCUT2D eigenvalue weighted by molar-refractivity contribution is 5.87. The van der Waals surface area contributed by atoms with Crippen molar-refractivity contribution in [2.45, 2.75) is 45.2 Å². The molecule has 5 heterocycles. The molecule has 0 saturated heterocycles. The van der Waals surface area contributed by atoms with Crippen LogP contribution in [0.4, 0.5) is 0 Å². The molecule has 128 valence electrons. The standard InChI is InChI=1S/C21H24N4/c1-13-5-6-15(9-22-13)18-8-21(3)12-24(4)11-17-16-7-14(2)23-10-19(16)25(18)20(17)21/h5-7,9-10,18H,8,11-12H2,1-4H3. The number of aryl methyl sites for hydroxylation is 2. The average Bonchev–Trinajstić information content (AvgIpc) is 3.04. The first-order chi connectivity index (χ1) is 12.0. The molecular formula is C21H24N4. The molecule has 2 unspecified atom stereocenters. The largest absolute Gasteiger partial charge is 0.335 e. The zero-order valence-corrected chi connectivity index (χ0v) is 15.4. The molecule has 4 heteroatoms. The molecule has 5 rings (SSSR count). The average molecular weight is 332 g/mol. The minimum Gasteiger partial charge on any atom is -0.335 e. The molecule has 3 aromatic heterocycles. The Bertz CT molecular complexity index is 985. The van der Waals surface area contributed by atoms with Crippen molar-refractivity contribution >= 4 is 10.9 Å². The maximum absolute atomic E-state index is 4.61. The molecule has 0 aliphatic carbocycles. The van der Waals surface area contributed by atoms with Crippen LogP contribution in [0.5, 0.6) is 0 Å². The van der Waals surface area contributed by atoms with Crippen LogP contribution in [0.25, 0.3) is 10.9 Å². The number of hydrogen-bond donors (Lipinski definition) is 0. The summed E-state index contributed by atoms with van der Waals surface area (Å²) in [5.41, 5.74) is 7.97. The molecule has 4 nitrogen and oxygen atoms in total. The highest BCUT2D eigenvalue weighted by atomic mass is 15.2. The van der Waals surface area contributed by atoms with Crippen LogP contribution in [0.1, 0.15) is 47.6 Å². The summed E-state index contributed by atoms with van der Waals surface area (Å²) >= 11 is 0. The van der Waals surface area contributed by atoms with E-state index in [-0.39, 0.29) is 5.41 Å². The van der Waals surface area contributed by atoms with Gasteiger partial charge in [-0.3, -0.25) is 9.97 Å². The van der Waals surface area contributed by atoms with Crippen LogP contribution < -0.4 is 0 Å². The first kappa shape index (κ1) is 15.1. The highest BCUT2D eigenvalue weighted by Crippen LogP contribution is 2.52. The Kier molecular flexibility index (Phi) is 2.97. The summed E-state index contributed by atoms with van der Waals surface area (Å²) in [4.78, 5) is 11.6. The minimum atomic E-state index is 0.185. The Hall–Kier alpha value is -2.20. The summed E-state index contributed by atoms with van der Waals surface area (Å²) in [6, 6.07) is 6.99. The molecule has 0 spiro atoms. The fourth-order valence-electron chi connectivity index (χ4n) is 5.14. The summed E-state index contributed by atoms with van der Waals surface area (Å²) in [5.74, 6) is 0. The zero-order valence-electron chi connectivity index (χ0n) is 15.4. The quantitative estimate of drug-likeness (QED) is 0.681. The van der Waals surface area contributed by atoms with Crippen LogP contribution in [0.15, 0.2) is 30.6 Å². The van der Waals surface area contributed by atoms with Crippen molar-refractivity contribution in [3.8, 4) is 0 Å². The smallest absolute Gasteiger partial charge is 0.0678 e. The van der Waals surface area contributed by atoms with E-state index in [2.05, 4.69) is 70.9 Å². The number of nitrogens with zero attached hydrogens (tertiary/aromatic N) is 4. The second kappa shape index (κ2) is 4.92. The third-order valence-electron chi connectivity index (χ3n) is 6.02. The van der Waals surface area contributed by atoms with Crippen LogP contribution in [0.2, 0.25) is 0 Å². The summed E-state index contributed by atoms with van der Waals surface area (Å²) in [6.45, 7) is 8.70. The number of likely N-dealkylation sites (N-methyl/N-ethyl adjacent to an activating group) is 1. The molecule has 3 aromatic rings. The van der Waals surface area contributed by atoms with Gasteiger partial charge in [-0.15, -0.1) is 0 Å². The Morgan fingerprint density at radius 2 is 1.92 bits per heavy atom. The Balaban J connectivity index is 1.81. The third kappa shape index (κ3) is 2.04. The monoisotopic (exact) mass is 332 g/mol. The summed E-state index contributed by atoms with van der Waals surface area (Å²) in [7, 11) is 2.24. The molecule has 0 radical (unpaired) electrons. The lowest BCUT2D eigenvalue weighted by Crippen LogP contribution is -2.40. The van der Waals surface area contributed by atoms with Gasteiger partial charge in [-0.25, -0.2) is 0 Å². The number of hydrogen-bond acceptors (Lipinski definition) is 3. The van der Waals surface area contributed by atoms with Gasteiger partial charge in [0.25, 0.3) is 0 Å². The maximum Gasteiger partial charge on any atom is 0.0678 e. The van der Waals surface area contributed by atoms with E-state index in [0.29, 0.717) is 6.04 Å². The van der Waals surface area contributed by atoms with Gasteiger partial charge < -0.3 is 9.47 Å². The first-order valence-corrected chi connectivity index (χ1v) is 9.07. The highest BCUT2D eigenvalue weighted by Gasteiger charge is 2.47.